The van der Waals surface area contributed by atoms with Crippen molar-refractivity contribution in [1.29, 1.82) is 0 Å². The number of halogens is 1. The van der Waals surface area contributed by atoms with Gasteiger partial charge < -0.3 is 9.64 Å². The molecule has 25 heavy (non-hydrogen) atoms. The molecule has 134 valence electrons. The van der Waals surface area contributed by atoms with E-state index in [2.05, 4.69) is 0 Å². The van der Waals surface area contributed by atoms with Crippen LogP contribution in [0.1, 0.15) is 13.8 Å². The summed E-state index contributed by atoms with van der Waals surface area (Å²) in [5, 5.41) is 0. The number of amides is 1. The molecule has 0 unspecified atom stereocenters. The summed E-state index contributed by atoms with van der Waals surface area (Å²) in [7, 11) is -3.85. The van der Waals surface area contributed by atoms with Crippen molar-refractivity contribution in [2.45, 2.75) is 24.8 Å². The number of rotatable bonds is 6. The van der Waals surface area contributed by atoms with Gasteiger partial charge in [0.2, 0.25) is 0 Å². The van der Waals surface area contributed by atoms with Crippen molar-refractivity contribution < 1.29 is 22.3 Å². The molecule has 0 aliphatic heterocycles. The van der Waals surface area contributed by atoms with Gasteiger partial charge in [-0.25, -0.2) is 17.6 Å². The second kappa shape index (κ2) is 8.11. The van der Waals surface area contributed by atoms with Crippen molar-refractivity contribution in [2.75, 3.05) is 12.3 Å². The van der Waals surface area contributed by atoms with Crippen LogP contribution in [-0.2, 0) is 9.84 Å². The van der Waals surface area contributed by atoms with E-state index < -0.39 is 27.5 Å². The van der Waals surface area contributed by atoms with Crippen LogP contribution in [0.5, 0.6) is 5.75 Å². The van der Waals surface area contributed by atoms with Gasteiger partial charge in [0.05, 0.1) is 5.75 Å². The van der Waals surface area contributed by atoms with Crippen molar-refractivity contribution in [2.24, 2.45) is 0 Å². The summed E-state index contributed by atoms with van der Waals surface area (Å²) in [6.07, 6.45) is -0.648. The van der Waals surface area contributed by atoms with Crippen molar-refractivity contribution >= 4 is 15.9 Å². The van der Waals surface area contributed by atoms with Crippen LogP contribution >= 0.6 is 0 Å². The molecule has 1 amide bonds. The SMILES string of the molecule is CC(C)N(CCS(=O)(=O)c1ccccc1F)C(=O)Oc1ccccc1. The Morgan fingerprint density at radius 1 is 1.08 bits per heavy atom. The summed E-state index contributed by atoms with van der Waals surface area (Å²) >= 11 is 0. The highest BCUT2D eigenvalue weighted by molar-refractivity contribution is 7.91. The average Bonchev–Trinajstić information content (AvgIpc) is 2.55. The third-order valence-corrected chi connectivity index (χ3v) is 5.30. The molecule has 0 fully saturated rings. The van der Waals surface area contributed by atoms with E-state index in [1.165, 1.54) is 23.1 Å². The Hall–Kier alpha value is -2.41. The molecule has 0 aliphatic carbocycles. The minimum absolute atomic E-state index is 0.0972. The van der Waals surface area contributed by atoms with Crippen LogP contribution in [-0.4, -0.2) is 37.8 Å². The zero-order chi connectivity index (χ0) is 18.4. The van der Waals surface area contributed by atoms with Crippen molar-refractivity contribution in [3.63, 3.8) is 0 Å². The lowest BCUT2D eigenvalue weighted by Gasteiger charge is -2.25. The lowest BCUT2D eigenvalue weighted by molar-refractivity contribution is 0.142. The van der Waals surface area contributed by atoms with Gasteiger partial charge in [-0.3, -0.25) is 0 Å². The van der Waals surface area contributed by atoms with Crippen LogP contribution in [0.3, 0.4) is 0 Å². The van der Waals surface area contributed by atoms with E-state index in [4.69, 9.17) is 4.74 Å². The molecule has 0 aliphatic rings. The first kappa shape index (κ1) is 18.9. The predicted octanol–water partition coefficient (Wildman–Crippen LogP) is 3.51. The largest absolute Gasteiger partial charge is 0.415 e. The fourth-order valence-corrected chi connectivity index (χ4v) is 3.54. The molecule has 2 rings (SSSR count). The molecule has 0 atom stereocenters. The number of carbonyl (C=O) groups excluding carboxylic acids is 1. The predicted molar refractivity (Wildman–Crippen MR) is 92.8 cm³/mol. The van der Waals surface area contributed by atoms with Crippen molar-refractivity contribution in [3.05, 3.63) is 60.4 Å². The molecule has 2 aromatic carbocycles. The fraction of sp³-hybridized carbons (Fsp3) is 0.278. The van der Waals surface area contributed by atoms with Crippen molar-refractivity contribution in [1.82, 2.24) is 4.90 Å². The summed E-state index contributed by atoms with van der Waals surface area (Å²) in [6, 6.07) is 13.4. The molecule has 0 heterocycles. The van der Waals surface area contributed by atoms with Crippen LogP contribution in [0.4, 0.5) is 9.18 Å². The van der Waals surface area contributed by atoms with Gasteiger partial charge in [-0.15, -0.1) is 0 Å². The zero-order valence-corrected chi connectivity index (χ0v) is 14.9. The second-order valence-corrected chi connectivity index (χ2v) is 7.80. The second-order valence-electron chi connectivity index (χ2n) is 5.72. The molecule has 0 bridgehead atoms. The maximum absolute atomic E-state index is 13.7. The molecule has 5 nitrogen and oxygen atoms in total. The van der Waals surface area contributed by atoms with E-state index in [0.717, 1.165) is 6.07 Å². The first-order chi connectivity index (χ1) is 11.8. The number of sulfone groups is 1. The number of hydrogen-bond acceptors (Lipinski definition) is 4. The lowest BCUT2D eigenvalue weighted by atomic mass is 10.3. The highest BCUT2D eigenvalue weighted by Crippen LogP contribution is 2.17. The smallest absolute Gasteiger partial charge is 0.410 e. The van der Waals surface area contributed by atoms with E-state index >= 15 is 0 Å². The Morgan fingerprint density at radius 3 is 2.28 bits per heavy atom. The summed E-state index contributed by atoms with van der Waals surface area (Å²) in [5.41, 5.74) is 0. The van der Waals surface area contributed by atoms with Crippen LogP contribution in [0, 0.1) is 5.82 Å². The molecule has 2 aromatic rings. The van der Waals surface area contributed by atoms with Gasteiger partial charge in [0.25, 0.3) is 0 Å². The van der Waals surface area contributed by atoms with Gasteiger partial charge in [-0.05, 0) is 38.1 Å². The Kier molecular flexibility index (Phi) is 6.14. The summed E-state index contributed by atoms with van der Waals surface area (Å²) in [5.74, 6) is -0.823. The topological polar surface area (TPSA) is 63.7 Å². The van der Waals surface area contributed by atoms with E-state index in [-0.39, 0.29) is 17.5 Å². The zero-order valence-electron chi connectivity index (χ0n) is 14.1. The van der Waals surface area contributed by atoms with Gasteiger partial charge in [-0.1, -0.05) is 30.3 Å². The van der Waals surface area contributed by atoms with Crippen LogP contribution in [0.2, 0.25) is 0 Å². The molecule has 0 saturated heterocycles. The normalized spacial score (nSPS) is 11.4. The highest BCUT2D eigenvalue weighted by atomic mass is 32.2. The van der Waals surface area contributed by atoms with E-state index in [9.17, 15) is 17.6 Å². The summed E-state index contributed by atoms with van der Waals surface area (Å²) in [4.78, 5) is 13.2. The van der Waals surface area contributed by atoms with Crippen LogP contribution < -0.4 is 4.74 Å². The van der Waals surface area contributed by atoms with Crippen molar-refractivity contribution in [3.8, 4) is 5.75 Å². The van der Waals surface area contributed by atoms with Crippen LogP contribution in [0.25, 0.3) is 0 Å². The van der Waals surface area contributed by atoms with E-state index in [1.54, 1.807) is 44.2 Å². The quantitative estimate of drug-likeness (QED) is 0.786. The Balaban J connectivity index is 2.09. The third kappa shape index (κ3) is 5.03. The Bertz CT molecular complexity index is 822. The third-order valence-electron chi connectivity index (χ3n) is 3.58. The van der Waals surface area contributed by atoms with Crippen LogP contribution in [0.15, 0.2) is 59.5 Å². The fourth-order valence-electron chi connectivity index (χ4n) is 2.23. The number of nitrogens with zero attached hydrogens (tertiary/aromatic N) is 1. The molecule has 0 saturated carbocycles. The van der Waals surface area contributed by atoms with E-state index in [0.29, 0.717) is 5.75 Å². The summed E-state index contributed by atoms with van der Waals surface area (Å²) < 4.78 is 43.7. The van der Waals surface area contributed by atoms with E-state index in [1.807, 2.05) is 0 Å². The molecule has 0 N–H and O–H groups in total. The molecular formula is C18H20FNO4S. The molecule has 0 aromatic heterocycles. The van der Waals surface area contributed by atoms with Gasteiger partial charge in [0.15, 0.2) is 9.84 Å². The highest BCUT2D eigenvalue weighted by Gasteiger charge is 2.24. The Morgan fingerprint density at radius 2 is 1.68 bits per heavy atom. The number of ether oxygens (including phenoxy) is 1. The number of hydrogen-bond donors (Lipinski definition) is 0. The molecular weight excluding hydrogens is 345 g/mol. The molecule has 0 radical (unpaired) electrons. The standard InChI is InChI=1S/C18H20FNO4S/c1-14(2)20(18(21)24-15-8-4-3-5-9-15)12-13-25(22,23)17-11-7-6-10-16(17)19/h3-11,14H,12-13H2,1-2H3. The molecule has 7 heteroatoms. The maximum atomic E-state index is 13.7. The minimum atomic E-state index is -3.85. The first-order valence-corrected chi connectivity index (χ1v) is 9.47. The molecule has 0 spiro atoms. The first-order valence-electron chi connectivity index (χ1n) is 7.82. The van der Waals surface area contributed by atoms with Gasteiger partial charge >= 0.3 is 6.09 Å². The van der Waals surface area contributed by atoms with Gasteiger partial charge in [0, 0.05) is 12.6 Å². The lowest BCUT2D eigenvalue weighted by Crippen LogP contribution is -2.41. The number of benzene rings is 2. The maximum Gasteiger partial charge on any atom is 0.415 e. The minimum Gasteiger partial charge on any atom is -0.410 e. The average molecular weight is 365 g/mol. The van der Waals surface area contributed by atoms with Gasteiger partial charge in [-0.2, -0.15) is 0 Å². The number of carbonyl (C=O) groups is 1. The number of para-hydroxylation sites is 1. The van der Waals surface area contributed by atoms with Gasteiger partial charge in [0.1, 0.15) is 16.5 Å². The summed E-state index contributed by atoms with van der Waals surface area (Å²) in [6.45, 7) is 3.41. The Labute approximate surface area is 147 Å². The monoisotopic (exact) mass is 365 g/mol.